The minimum absolute atomic E-state index is 0.239. The Balaban J connectivity index is 1.64. The van der Waals surface area contributed by atoms with Crippen LogP contribution >= 0.6 is 0 Å². The molecule has 1 atom stereocenters. The highest BCUT2D eigenvalue weighted by Gasteiger charge is 2.38. The molecule has 1 aromatic heterocycles. The van der Waals surface area contributed by atoms with Crippen LogP contribution in [0.1, 0.15) is 46.3 Å². The van der Waals surface area contributed by atoms with E-state index in [9.17, 15) is 13.2 Å². The third kappa shape index (κ3) is 4.50. The van der Waals surface area contributed by atoms with Gasteiger partial charge in [-0.1, -0.05) is 48.5 Å². The number of carbonyl (C=O) groups excluding carboxylic acids is 1. The number of rotatable bonds is 6. The van der Waals surface area contributed by atoms with E-state index in [1.54, 1.807) is 37.3 Å². The summed E-state index contributed by atoms with van der Waals surface area (Å²) >= 11 is 0. The zero-order valence-corrected chi connectivity index (χ0v) is 18.0. The maximum atomic E-state index is 13.3. The van der Waals surface area contributed by atoms with Gasteiger partial charge in [-0.2, -0.15) is 4.31 Å². The first-order chi connectivity index (χ1) is 15.0. The molecule has 1 amide bonds. The normalized spacial score (nSPS) is 16.9. The molecule has 160 valence electrons. The standard InChI is InChI=1S/C23H24N4O3S/c1-17-24-16-20(23(28)25-15-18-9-4-2-5-10-18)22(26-17)21-13-8-14-27(21)31(29,30)19-11-6-3-7-12-19/h2-7,9-12,16,21H,8,13-15H2,1H3,(H,25,28)/t21-/m0/s1. The zero-order valence-electron chi connectivity index (χ0n) is 17.2. The summed E-state index contributed by atoms with van der Waals surface area (Å²) < 4.78 is 28.0. The summed E-state index contributed by atoms with van der Waals surface area (Å²) in [6.45, 7) is 2.49. The Morgan fingerprint density at radius 3 is 2.48 bits per heavy atom. The van der Waals surface area contributed by atoms with Crippen LogP contribution in [0.15, 0.2) is 71.8 Å². The first-order valence-electron chi connectivity index (χ1n) is 10.2. The van der Waals surface area contributed by atoms with Crippen LogP contribution in [0.5, 0.6) is 0 Å². The van der Waals surface area contributed by atoms with Crippen molar-refractivity contribution in [2.75, 3.05) is 6.54 Å². The lowest BCUT2D eigenvalue weighted by Crippen LogP contribution is -2.33. The molecule has 8 heteroatoms. The second-order valence-electron chi connectivity index (χ2n) is 7.47. The lowest BCUT2D eigenvalue weighted by molar-refractivity contribution is 0.0947. The smallest absolute Gasteiger partial charge is 0.255 e. The van der Waals surface area contributed by atoms with Gasteiger partial charge in [0.25, 0.3) is 5.91 Å². The topological polar surface area (TPSA) is 92.3 Å². The molecule has 1 fully saturated rings. The number of nitrogens with one attached hydrogen (secondary N) is 1. The van der Waals surface area contributed by atoms with Crippen molar-refractivity contribution in [3.8, 4) is 0 Å². The number of aromatic nitrogens is 2. The average Bonchev–Trinajstić information content (AvgIpc) is 3.29. The van der Waals surface area contributed by atoms with Gasteiger partial charge >= 0.3 is 0 Å². The van der Waals surface area contributed by atoms with Crippen LogP contribution in [-0.2, 0) is 16.6 Å². The highest BCUT2D eigenvalue weighted by Crippen LogP contribution is 2.37. The van der Waals surface area contributed by atoms with Crippen molar-refractivity contribution in [2.24, 2.45) is 0 Å². The fourth-order valence-corrected chi connectivity index (χ4v) is 5.50. The van der Waals surface area contributed by atoms with Gasteiger partial charge in [0.05, 0.1) is 22.2 Å². The van der Waals surface area contributed by atoms with Crippen molar-refractivity contribution in [1.29, 1.82) is 0 Å². The number of amides is 1. The van der Waals surface area contributed by atoms with Crippen LogP contribution in [0.25, 0.3) is 0 Å². The van der Waals surface area contributed by atoms with E-state index in [0.717, 1.165) is 5.56 Å². The molecule has 0 unspecified atom stereocenters. The van der Waals surface area contributed by atoms with E-state index in [0.29, 0.717) is 43.0 Å². The Morgan fingerprint density at radius 2 is 1.77 bits per heavy atom. The highest BCUT2D eigenvalue weighted by molar-refractivity contribution is 7.89. The van der Waals surface area contributed by atoms with Crippen molar-refractivity contribution in [2.45, 2.75) is 37.2 Å². The Bertz CT molecular complexity index is 1170. The highest BCUT2D eigenvalue weighted by atomic mass is 32.2. The Morgan fingerprint density at radius 1 is 1.10 bits per heavy atom. The Kier molecular flexibility index (Phi) is 6.11. The molecule has 0 spiro atoms. The number of hydrogen-bond acceptors (Lipinski definition) is 5. The molecule has 7 nitrogen and oxygen atoms in total. The van der Waals surface area contributed by atoms with E-state index >= 15 is 0 Å². The molecule has 1 saturated heterocycles. The molecule has 1 aliphatic rings. The second kappa shape index (κ2) is 8.95. The van der Waals surface area contributed by atoms with Crippen molar-refractivity contribution in [3.05, 3.63) is 89.5 Å². The van der Waals surface area contributed by atoms with Gasteiger partial charge in [-0.25, -0.2) is 18.4 Å². The van der Waals surface area contributed by atoms with E-state index in [1.165, 1.54) is 10.5 Å². The first kappa shape index (κ1) is 21.1. The molecule has 0 radical (unpaired) electrons. The molecular weight excluding hydrogens is 412 g/mol. The number of hydrogen-bond donors (Lipinski definition) is 1. The van der Waals surface area contributed by atoms with Gasteiger partial charge in [0, 0.05) is 19.3 Å². The second-order valence-corrected chi connectivity index (χ2v) is 9.36. The van der Waals surface area contributed by atoms with Gasteiger partial charge < -0.3 is 5.32 Å². The van der Waals surface area contributed by atoms with Crippen LogP contribution in [-0.4, -0.2) is 35.1 Å². The molecular formula is C23H24N4O3S. The van der Waals surface area contributed by atoms with E-state index in [-0.39, 0.29) is 10.8 Å². The lowest BCUT2D eigenvalue weighted by atomic mass is 10.1. The van der Waals surface area contributed by atoms with Gasteiger partial charge in [-0.15, -0.1) is 0 Å². The Hall–Kier alpha value is -3.10. The number of carbonyl (C=O) groups is 1. The summed E-state index contributed by atoms with van der Waals surface area (Å²) in [6.07, 6.45) is 2.79. The van der Waals surface area contributed by atoms with Gasteiger partial charge in [-0.3, -0.25) is 4.79 Å². The van der Waals surface area contributed by atoms with Crippen LogP contribution < -0.4 is 5.32 Å². The molecule has 0 saturated carbocycles. The SMILES string of the molecule is Cc1ncc(C(=O)NCc2ccccc2)c([C@@H]2CCCN2S(=O)(=O)c2ccccc2)n1. The van der Waals surface area contributed by atoms with Crippen LogP contribution in [0.4, 0.5) is 0 Å². The molecule has 0 aliphatic carbocycles. The third-order valence-electron chi connectivity index (χ3n) is 5.35. The lowest BCUT2D eigenvalue weighted by Gasteiger charge is -2.25. The van der Waals surface area contributed by atoms with Gasteiger partial charge in [0.2, 0.25) is 10.0 Å². The monoisotopic (exact) mass is 436 g/mol. The van der Waals surface area contributed by atoms with E-state index in [2.05, 4.69) is 15.3 Å². The molecule has 3 aromatic rings. The maximum absolute atomic E-state index is 13.3. The zero-order chi connectivity index (χ0) is 21.8. The van der Waals surface area contributed by atoms with Gasteiger partial charge in [0.15, 0.2) is 0 Å². The molecule has 0 bridgehead atoms. The van der Waals surface area contributed by atoms with Crippen LogP contribution in [0.3, 0.4) is 0 Å². The van der Waals surface area contributed by atoms with E-state index < -0.39 is 16.1 Å². The molecule has 31 heavy (non-hydrogen) atoms. The number of benzene rings is 2. The average molecular weight is 437 g/mol. The number of sulfonamides is 1. The summed E-state index contributed by atoms with van der Waals surface area (Å²) in [4.78, 5) is 21.9. The fourth-order valence-electron chi connectivity index (χ4n) is 3.82. The van der Waals surface area contributed by atoms with Crippen LogP contribution in [0.2, 0.25) is 0 Å². The van der Waals surface area contributed by atoms with Crippen molar-refractivity contribution >= 4 is 15.9 Å². The van der Waals surface area contributed by atoms with Crippen molar-refractivity contribution < 1.29 is 13.2 Å². The number of nitrogens with zero attached hydrogens (tertiary/aromatic N) is 3. The molecule has 1 aliphatic heterocycles. The maximum Gasteiger partial charge on any atom is 0.255 e. The minimum atomic E-state index is -3.71. The quantitative estimate of drug-likeness (QED) is 0.640. The summed E-state index contributed by atoms with van der Waals surface area (Å²) in [6, 6.07) is 17.4. The summed E-state index contributed by atoms with van der Waals surface area (Å²) in [7, 11) is -3.71. The molecule has 1 N–H and O–H groups in total. The largest absolute Gasteiger partial charge is 0.348 e. The van der Waals surface area contributed by atoms with Gasteiger partial charge in [-0.05, 0) is 37.5 Å². The summed E-state index contributed by atoms with van der Waals surface area (Å²) in [5.74, 6) is 0.182. The van der Waals surface area contributed by atoms with Crippen molar-refractivity contribution in [3.63, 3.8) is 0 Å². The van der Waals surface area contributed by atoms with E-state index in [1.807, 2.05) is 30.3 Å². The fraction of sp³-hybridized carbons (Fsp3) is 0.261. The predicted octanol–water partition coefficient (Wildman–Crippen LogP) is 3.24. The Labute approximate surface area is 182 Å². The molecule has 2 aromatic carbocycles. The summed E-state index contributed by atoms with van der Waals surface area (Å²) in [5, 5.41) is 2.90. The third-order valence-corrected chi connectivity index (χ3v) is 7.27. The molecule has 4 rings (SSSR count). The molecule has 2 heterocycles. The van der Waals surface area contributed by atoms with E-state index in [4.69, 9.17) is 0 Å². The van der Waals surface area contributed by atoms with Gasteiger partial charge in [0.1, 0.15) is 5.82 Å². The van der Waals surface area contributed by atoms with Crippen molar-refractivity contribution in [1.82, 2.24) is 19.6 Å². The van der Waals surface area contributed by atoms with Crippen LogP contribution in [0, 0.1) is 6.92 Å². The first-order valence-corrected chi connectivity index (χ1v) is 11.6. The number of aryl methyl sites for hydroxylation is 1. The summed E-state index contributed by atoms with van der Waals surface area (Å²) in [5.41, 5.74) is 1.73. The predicted molar refractivity (Wildman–Crippen MR) is 117 cm³/mol. The minimum Gasteiger partial charge on any atom is -0.348 e.